The summed E-state index contributed by atoms with van der Waals surface area (Å²) in [6.07, 6.45) is 2.11. The van der Waals surface area contributed by atoms with Crippen molar-refractivity contribution in [2.75, 3.05) is 13.2 Å². The third-order valence-electron chi connectivity index (χ3n) is 3.03. The van der Waals surface area contributed by atoms with Gasteiger partial charge in [-0.15, -0.1) is 0 Å². The minimum absolute atomic E-state index is 0.0963. The topological polar surface area (TPSA) is 48.4 Å². The zero-order valence-corrected chi connectivity index (χ0v) is 10.2. The zero-order valence-electron chi connectivity index (χ0n) is 10.2. The number of fused-ring (bicyclic) bond motifs is 1. The van der Waals surface area contributed by atoms with Gasteiger partial charge in [0.25, 0.3) is 0 Å². The summed E-state index contributed by atoms with van der Waals surface area (Å²) in [6, 6.07) is 3.74. The number of ether oxygens (including phenoxy) is 2. The fraction of sp³-hybridized carbons (Fsp3) is 0.538. The van der Waals surface area contributed by atoms with E-state index in [0.717, 1.165) is 11.4 Å². The second-order valence-electron chi connectivity index (χ2n) is 4.29. The van der Waals surface area contributed by atoms with E-state index in [0.29, 0.717) is 19.6 Å². The second-order valence-corrected chi connectivity index (χ2v) is 4.29. The van der Waals surface area contributed by atoms with Crippen LogP contribution in [0.1, 0.15) is 31.9 Å². The molecule has 4 nitrogen and oxygen atoms in total. The van der Waals surface area contributed by atoms with Crippen molar-refractivity contribution in [2.45, 2.75) is 26.2 Å². The highest BCUT2D eigenvalue weighted by Crippen LogP contribution is 2.37. The van der Waals surface area contributed by atoms with Crippen LogP contribution in [0.3, 0.4) is 0 Å². The minimum Gasteiger partial charge on any atom is -0.491 e. The molecule has 2 atom stereocenters. The third kappa shape index (κ3) is 2.57. The van der Waals surface area contributed by atoms with Gasteiger partial charge in [-0.05, 0) is 25.0 Å². The van der Waals surface area contributed by atoms with Crippen molar-refractivity contribution in [3.63, 3.8) is 0 Å². The van der Waals surface area contributed by atoms with Gasteiger partial charge in [0.2, 0.25) is 0 Å². The first-order valence-electron chi connectivity index (χ1n) is 5.95. The Morgan fingerprint density at radius 2 is 2.47 bits per heavy atom. The highest BCUT2D eigenvalue weighted by molar-refractivity contribution is 5.70. The number of hydrogen-bond donors (Lipinski definition) is 0. The standard InChI is InChI=1S/C13H17NO3/c1-3-16-12(15)7-10-9(2)8-17-11-5-4-6-14-13(10)11/h4-6,9-10H,3,7-8H2,1-2H3/t9-,10-/m1/s1. The molecule has 0 fully saturated rings. The number of aromatic nitrogens is 1. The summed E-state index contributed by atoms with van der Waals surface area (Å²) in [4.78, 5) is 15.9. The van der Waals surface area contributed by atoms with Crippen LogP contribution in [0.2, 0.25) is 0 Å². The molecule has 0 aliphatic carbocycles. The van der Waals surface area contributed by atoms with Crippen LogP contribution in [0.25, 0.3) is 0 Å². The lowest BCUT2D eigenvalue weighted by atomic mass is 9.86. The van der Waals surface area contributed by atoms with Gasteiger partial charge in [0.1, 0.15) is 5.75 Å². The van der Waals surface area contributed by atoms with E-state index in [9.17, 15) is 4.79 Å². The van der Waals surface area contributed by atoms with E-state index in [1.807, 2.05) is 19.1 Å². The Kier molecular flexibility index (Phi) is 3.61. The molecule has 0 N–H and O–H groups in total. The molecule has 1 aromatic rings. The predicted molar refractivity (Wildman–Crippen MR) is 62.9 cm³/mol. The Hall–Kier alpha value is -1.58. The van der Waals surface area contributed by atoms with Gasteiger partial charge in [0.05, 0.1) is 25.3 Å². The number of pyridine rings is 1. The van der Waals surface area contributed by atoms with Crippen LogP contribution >= 0.6 is 0 Å². The van der Waals surface area contributed by atoms with Crippen molar-refractivity contribution in [2.24, 2.45) is 5.92 Å². The Labute approximate surface area is 101 Å². The third-order valence-corrected chi connectivity index (χ3v) is 3.03. The minimum atomic E-state index is -0.164. The van der Waals surface area contributed by atoms with Crippen LogP contribution in [-0.2, 0) is 9.53 Å². The summed E-state index contributed by atoms with van der Waals surface area (Å²) in [7, 11) is 0. The second kappa shape index (κ2) is 5.17. The van der Waals surface area contributed by atoms with Gasteiger partial charge in [-0.3, -0.25) is 9.78 Å². The van der Waals surface area contributed by atoms with Gasteiger partial charge in [-0.1, -0.05) is 6.92 Å². The molecule has 0 bridgehead atoms. The fourth-order valence-electron chi connectivity index (χ4n) is 2.11. The summed E-state index contributed by atoms with van der Waals surface area (Å²) in [5, 5.41) is 0. The van der Waals surface area contributed by atoms with E-state index in [2.05, 4.69) is 11.9 Å². The van der Waals surface area contributed by atoms with Crippen LogP contribution in [0.4, 0.5) is 0 Å². The number of rotatable bonds is 3. The molecule has 0 radical (unpaired) electrons. The molecule has 1 aliphatic heterocycles. The van der Waals surface area contributed by atoms with Crippen LogP contribution in [0, 0.1) is 5.92 Å². The molecule has 1 aliphatic rings. The highest BCUT2D eigenvalue weighted by Gasteiger charge is 2.31. The zero-order chi connectivity index (χ0) is 12.3. The van der Waals surface area contributed by atoms with E-state index in [4.69, 9.17) is 9.47 Å². The lowest BCUT2D eigenvalue weighted by Crippen LogP contribution is -2.27. The number of carbonyl (C=O) groups is 1. The molecular formula is C13H17NO3. The Bertz CT molecular complexity index is 405. The maximum atomic E-state index is 11.6. The van der Waals surface area contributed by atoms with E-state index in [-0.39, 0.29) is 17.8 Å². The van der Waals surface area contributed by atoms with Gasteiger partial charge in [0.15, 0.2) is 0 Å². The maximum absolute atomic E-state index is 11.6. The van der Waals surface area contributed by atoms with Crippen LogP contribution < -0.4 is 4.74 Å². The molecule has 0 aromatic carbocycles. The quantitative estimate of drug-likeness (QED) is 0.753. The largest absolute Gasteiger partial charge is 0.491 e. The summed E-state index contributed by atoms with van der Waals surface area (Å²) >= 11 is 0. The summed E-state index contributed by atoms with van der Waals surface area (Å²) in [6.45, 7) is 4.94. The number of nitrogens with zero attached hydrogens (tertiary/aromatic N) is 1. The molecular weight excluding hydrogens is 218 g/mol. The molecule has 17 heavy (non-hydrogen) atoms. The summed E-state index contributed by atoms with van der Waals surface area (Å²) < 4.78 is 10.6. The molecule has 0 saturated heterocycles. The molecule has 0 unspecified atom stereocenters. The number of carbonyl (C=O) groups excluding carboxylic acids is 1. The van der Waals surface area contributed by atoms with E-state index < -0.39 is 0 Å². The van der Waals surface area contributed by atoms with Crippen LogP contribution in [0.5, 0.6) is 5.75 Å². The Morgan fingerprint density at radius 3 is 3.24 bits per heavy atom. The normalized spacial score (nSPS) is 22.5. The number of hydrogen-bond acceptors (Lipinski definition) is 4. The van der Waals surface area contributed by atoms with Crippen molar-refractivity contribution in [3.05, 3.63) is 24.0 Å². The van der Waals surface area contributed by atoms with Gasteiger partial charge < -0.3 is 9.47 Å². The molecule has 2 heterocycles. The van der Waals surface area contributed by atoms with Crippen molar-refractivity contribution in [3.8, 4) is 5.75 Å². The molecule has 0 saturated carbocycles. The summed E-state index contributed by atoms with van der Waals surface area (Å²) in [5.41, 5.74) is 0.874. The van der Waals surface area contributed by atoms with E-state index in [1.165, 1.54) is 0 Å². The van der Waals surface area contributed by atoms with Crippen molar-refractivity contribution in [1.29, 1.82) is 0 Å². The van der Waals surface area contributed by atoms with Crippen molar-refractivity contribution in [1.82, 2.24) is 4.98 Å². The van der Waals surface area contributed by atoms with Gasteiger partial charge in [0, 0.05) is 12.1 Å². The van der Waals surface area contributed by atoms with Gasteiger partial charge >= 0.3 is 5.97 Å². The monoisotopic (exact) mass is 235 g/mol. The average molecular weight is 235 g/mol. The van der Waals surface area contributed by atoms with Gasteiger partial charge in [-0.2, -0.15) is 0 Å². The highest BCUT2D eigenvalue weighted by atomic mass is 16.5. The SMILES string of the molecule is CCOC(=O)C[C@H]1c2ncccc2OC[C@H]1C. The van der Waals surface area contributed by atoms with Crippen LogP contribution in [0.15, 0.2) is 18.3 Å². The molecule has 1 aromatic heterocycles. The Morgan fingerprint density at radius 1 is 1.65 bits per heavy atom. The lowest BCUT2D eigenvalue weighted by Gasteiger charge is -2.29. The van der Waals surface area contributed by atoms with E-state index in [1.54, 1.807) is 6.20 Å². The average Bonchev–Trinajstić information content (AvgIpc) is 2.33. The summed E-state index contributed by atoms with van der Waals surface area (Å²) in [5.74, 6) is 1.00. The van der Waals surface area contributed by atoms with Crippen molar-refractivity contribution < 1.29 is 14.3 Å². The Balaban J connectivity index is 2.18. The smallest absolute Gasteiger partial charge is 0.306 e. The molecule has 4 heteroatoms. The first-order valence-corrected chi connectivity index (χ1v) is 5.95. The van der Waals surface area contributed by atoms with E-state index >= 15 is 0 Å². The molecule has 2 rings (SSSR count). The number of esters is 1. The fourth-order valence-corrected chi connectivity index (χ4v) is 2.11. The molecule has 0 amide bonds. The first-order chi connectivity index (χ1) is 8.22. The first kappa shape index (κ1) is 11.9. The lowest BCUT2D eigenvalue weighted by molar-refractivity contribution is -0.144. The molecule has 92 valence electrons. The van der Waals surface area contributed by atoms with Gasteiger partial charge in [-0.25, -0.2) is 0 Å². The van der Waals surface area contributed by atoms with Crippen LogP contribution in [-0.4, -0.2) is 24.2 Å². The predicted octanol–water partition coefficient (Wildman–Crippen LogP) is 2.15. The van der Waals surface area contributed by atoms with Crippen molar-refractivity contribution >= 4 is 5.97 Å². The maximum Gasteiger partial charge on any atom is 0.306 e. The molecule has 0 spiro atoms.